The molecule has 0 amide bonds. The van der Waals surface area contributed by atoms with Gasteiger partial charge in [0.05, 0.1) is 11.7 Å². The molecule has 6 nitrogen and oxygen atoms in total. The molecule has 1 aliphatic rings. The number of aromatic nitrogens is 3. The minimum atomic E-state index is -0.951. The van der Waals surface area contributed by atoms with E-state index in [9.17, 15) is 9.90 Å². The van der Waals surface area contributed by atoms with Gasteiger partial charge in [-0.05, 0) is 37.8 Å². The van der Waals surface area contributed by atoms with Gasteiger partial charge < -0.3 is 9.84 Å². The van der Waals surface area contributed by atoms with Gasteiger partial charge in [0.25, 0.3) is 0 Å². The lowest BCUT2D eigenvalue weighted by atomic mass is 10.1. The Balaban J connectivity index is 1.82. The molecule has 1 unspecified atom stereocenters. The molecule has 1 saturated heterocycles. The number of nitrogens with zero attached hydrogens (tertiary/aromatic N) is 3. The van der Waals surface area contributed by atoms with Crippen LogP contribution in [0.3, 0.4) is 0 Å². The molecule has 0 saturated carbocycles. The van der Waals surface area contributed by atoms with Crippen LogP contribution >= 0.6 is 0 Å². The molecule has 20 heavy (non-hydrogen) atoms. The average Bonchev–Trinajstić information content (AvgIpc) is 2.89. The van der Waals surface area contributed by atoms with E-state index >= 15 is 0 Å². The van der Waals surface area contributed by atoms with E-state index in [1.165, 1.54) is 6.42 Å². The van der Waals surface area contributed by atoms with Crippen molar-refractivity contribution in [1.82, 2.24) is 15.0 Å². The molecule has 6 heteroatoms. The first-order chi connectivity index (χ1) is 9.75. The second-order valence-electron chi connectivity index (χ2n) is 5.07. The van der Waals surface area contributed by atoms with Crippen LogP contribution in [-0.4, -0.2) is 38.8 Å². The topological polar surface area (TPSA) is 77.2 Å². The molecule has 0 spiro atoms. The van der Waals surface area contributed by atoms with Gasteiger partial charge in [-0.25, -0.2) is 9.48 Å². The number of aryl methyl sites for hydroxylation is 1. The lowest BCUT2D eigenvalue weighted by Crippen LogP contribution is -2.21. The van der Waals surface area contributed by atoms with E-state index in [0.717, 1.165) is 25.9 Å². The lowest BCUT2D eigenvalue weighted by molar-refractivity contribution is 0.00840. The molecule has 3 rings (SSSR count). The van der Waals surface area contributed by atoms with Crippen molar-refractivity contribution in [1.29, 1.82) is 0 Å². The van der Waals surface area contributed by atoms with E-state index in [-0.39, 0.29) is 11.7 Å². The van der Waals surface area contributed by atoms with Gasteiger partial charge in [0.1, 0.15) is 11.0 Å². The molecule has 1 aromatic carbocycles. The molecule has 1 N–H and O–H groups in total. The van der Waals surface area contributed by atoms with Crippen molar-refractivity contribution in [2.75, 3.05) is 6.61 Å². The van der Waals surface area contributed by atoms with Gasteiger partial charge >= 0.3 is 5.97 Å². The predicted octanol–water partition coefficient (Wildman–Crippen LogP) is 2.09. The number of carboxylic acid groups (broad SMARTS) is 1. The highest BCUT2D eigenvalue weighted by atomic mass is 16.5. The second kappa shape index (κ2) is 5.58. The third-order valence-corrected chi connectivity index (χ3v) is 3.70. The summed E-state index contributed by atoms with van der Waals surface area (Å²) in [5.41, 5.74) is 1.46. The zero-order valence-corrected chi connectivity index (χ0v) is 11.2. The zero-order chi connectivity index (χ0) is 13.9. The largest absolute Gasteiger partial charge is 0.478 e. The smallest absolute Gasteiger partial charge is 0.337 e. The van der Waals surface area contributed by atoms with Crippen LogP contribution in [-0.2, 0) is 11.3 Å². The van der Waals surface area contributed by atoms with Crippen LogP contribution in [0, 0.1) is 0 Å². The minimum Gasteiger partial charge on any atom is -0.478 e. The third-order valence-electron chi connectivity index (χ3n) is 3.70. The number of para-hydroxylation sites is 1. The number of carbonyl (C=O) groups is 1. The van der Waals surface area contributed by atoms with E-state index in [0.29, 0.717) is 17.6 Å². The first-order valence-corrected chi connectivity index (χ1v) is 6.93. The number of benzene rings is 1. The zero-order valence-electron chi connectivity index (χ0n) is 11.2. The highest BCUT2D eigenvalue weighted by Gasteiger charge is 2.17. The molecule has 1 atom stereocenters. The third kappa shape index (κ3) is 2.51. The van der Waals surface area contributed by atoms with Crippen LogP contribution in [0.2, 0.25) is 0 Å². The van der Waals surface area contributed by atoms with Crippen LogP contribution in [0.15, 0.2) is 18.2 Å². The standard InChI is InChI=1S/C14H17N3O3/c18-14(19)11-5-3-6-12-13(11)17(16-15-12)8-7-10-4-1-2-9-20-10/h3,5-6,10H,1-2,4,7-9H2,(H,18,19). The summed E-state index contributed by atoms with van der Waals surface area (Å²) >= 11 is 0. The Bertz CT molecular complexity index is 617. The molecule has 0 radical (unpaired) electrons. The molecule has 0 bridgehead atoms. The lowest BCUT2D eigenvalue weighted by Gasteiger charge is -2.22. The molecule has 1 aliphatic heterocycles. The van der Waals surface area contributed by atoms with Crippen molar-refractivity contribution in [3.8, 4) is 0 Å². The van der Waals surface area contributed by atoms with E-state index in [1.54, 1.807) is 22.9 Å². The van der Waals surface area contributed by atoms with E-state index in [4.69, 9.17) is 4.74 Å². The maximum atomic E-state index is 11.3. The normalized spacial score (nSPS) is 19.3. The van der Waals surface area contributed by atoms with Crippen molar-refractivity contribution in [2.24, 2.45) is 0 Å². The number of hydrogen-bond acceptors (Lipinski definition) is 4. The van der Waals surface area contributed by atoms with Crippen molar-refractivity contribution < 1.29 is 14.6 Å². The van der Waals surface area contributed by atoms with Crippen LogP contribution in [0.4, 0.5) is 0 Å². The Kier molecular flexibility index (Phi) is 3.64. The number of hydrogen-bond donors (Lipinski definition) is 1. The number of aromatic carboxylic acids is 1. The second-order valence-corrected chi connectivity index (χ2v) is 5.07. The maximum absolute atomic E-state index is 11.3. The van der Waals surface area contributed by atoms with Crippen molar-refractivity contribution in [2.45, 2.75) is 38.3 Å². The van der Waals surface area contributed by atoms with Gasteiger partial charge in [0.15, 0.2) is 0 Å². The fraction of sp³-hybridized carbons (Fsp3) is 0.500. The molecule has 2 heterocycles. The van der Waals surface area contributed by atoms with Crippen LogP contribution in [0.1, 0.15) is 36.0 Å². The number of carboxylic acids is 1. The first kappa shape index (κ1) is 13.1. The minimum absolute atomic E-state index is 0.247. The van der Waals surface area contributed by atoms with Gasteiger partial charge in [0.2, 0.25) is 0 Å². The summed E-state index contributed by atoms with van der Waals surface area (Å²) in [4.78, 5) is 11.3. The molecular weight excluding hydrogens is 258 g/mol. The summed E-state index contributed by atoms with van der Waals surface area (Å²) in [6.45, 7) is 1.45. The van der Waals surface area contributed by atoms with E-state index < -0.39 is 5.97 Å². The monoisotopic (exact) mass is 275 g/mol. The van der Waals surface area contributed by atoms with Gasteiger partial charge in [-0.1, -0.05) is 11.3 Å². The van der Waals surface area contributed by atoms with Crippen LogP contribution in [0.25, 0.3) is 11.0 Å². The van der Waals surface area contributed by atoms with Gasteiger partial charge in [-0.2, -0.15) is 0 Å². The maximum Gasteiger partial charge on any atom is 0.337 e. The molecule has 2 aromatic rings. The van der Waals surface area contributed by atoms with Gasteiger partial charge in [-0.15, -0.1) is 5.10 Å². The predicted molar refractivity (Wildman–Crippen MR) is 72.7 cm³/mol. The summed E-state index contributed by atoms with van der Waals surface area (Å²) in [5.74, 6) is -0.951. The number of rotatable bonds is 4. The molecule has 1 fully saturated rings. The SMILES string of the molecule is O=C(O)c1cccc2nnn(CCC3CCCCO3)c12. The van der Waals surface area contributed by atoms with Crippen molar-refractivity contribution in [3.05, 3.63) is 23.8 Å². The summed E-state index contributed by atoms with van der Waals surface area (Å²) in [7, 11) is 0. The Morgan fingerprint density at radius 1 is 1.45 bits per heavy atom. The average molecular weight is 275 g/mol. The summed E-state index contributed by atoms with van der Waals surface area (Å²) in [5, 5.41) is 17.4. The molecular formula is C14H17N3O3. The Morgan fingerprint density at radius 2 is 2.35 bits per heavy atom. The summed E-state index contributed by atoms with van der Waals surface area (Å²) < 4.78 is 7.37. The Labute approximate surface area is 116 Å². The van der Waals surface area contributed by atoms with Crippen LogP contribution in [0.5, 0.6) is 0 Å². The molecule has 0 aliphatic carbocycles. The number of ether oxygens (including phenoxy) is 1. The molecule has 1 aromatic heterocycles. The Morgan fingerprint density at radius 3 is 3.10 bits per heavy atom. The summed E-state index contributed by atoms with van der Waals surface area (Å²) in [6, 6.07) is 5.05. The van der Waals surface area contributed by atoms with Gasteiger partial charge in [0, 0.05) is 13.2 Å². The highest BCUT2D eigenvalue weighted by molar-refractivity contribution is 6.00. The van der Waals surface area contributed by atoms with Crippen molar-refractivity contribution in [3.63, 3.8) is 0 Å². The Hall–Kier alpha value is -1.95. The highest BCUT2D eigenvalue weighted by Crippen LogP contribution is 2.20. The van der Waals surface area contributed by atoms with E-state index in [1.807, 2.05) is 0 Å². The van der Waals surface area contributed by atoms with Crippen molar-refractivity contribution >= 4 is 17.0 Å². The van der Waals surface area contributed by atoms with Crippen LogP contribution < -0.4 is 0 Å². The first-order valence-electron chi connectivity index (χ1n) is 6.93. The fourth-order valence-corrected chi connectivity index (χ4v) is 2.66. The number of fused-ring (bicyclic) bond motifs is 1. The van der Waals surface area contributed by atoms with E-state index in [2.05, 4.69) is 10.3 Å². The fourth-order valence-electron chi connectivity index (χ4n) is 2.66. The quantitative estimate of drug-likeness (QED) is 0.924. The molecule has 106 valence electrons. The van der Waals surface area contributed by atoms with Gasteiger partial charge in [-0.3, -0.25) is 0 Å². The summed E-state index contributed by atoms with van der Waals surface area (Å²) in [6.07, 6.45) is 4.49.